The fourth-order valence-corrected chi connectivity index (χ4v) is 2.06. The van der Waals surface area contributed by atoms with Crippen LogP contribution in [-0.4, -0.2) is 10.7 Å². The van der Waals surface area contributed by atoms with Crippen LogP contribution in [-0.2, 0) is 6.61 Å². The zero-order valence-electron chi connectivity index (χ0n) is 11.2. The third-order valence-corrected chi connectivity index (χ3v) is 3.19. The second kappa shape index (κ2) is 6.37. The van der Waals surface area contributed by atoms with Gasteiger partial charge in [-0.15, -0.1) is 0 Å². The standard InChI is InChI=1S/C15H12ClNO4/c1-10(18)14-7-6-13(8-15(14)16)21-9-11-2-4-12(5-3-11)17(19)20/h2-8H,9H2,1H3. The van der Waals surface area contributed by atoms with Crippen molar-refractivity contribution in [1.29, 1.82) is 0 Å². The van der Waals surface area contributed by atoms with E-state index in [4.69, 9.17) is 16.3 Å². The van der Waals surface area contributed by atoms with Crippen LogP contribution in [0.25, 0.3) is 0 Å². The second-order valence-corrected chi connectivity index (χ2v) is 4.82. The van der Waals surface area contributed by atoms with Gasteiger partial charge in [-0.2, -0.15) is 0 Å². The Hall–Kier alpha value is -2.40. The molecular weight excluding hydrogens is 294 g/mol. The van der Waals surface area contributed by atoms with E-state index in [2.05, 4.69) is 0 Å². The van der Waals surface area contributed by atoms with Gasteiger partial charge in [-0.25, -0.2) is 0 Å². The molecule has 0 aliphatic heterocycles. The molecule has 0 aliphatic carbocycles. The lowest BCUT2D eigenvalue weighted by molar-refractivity contribution is -0.384. The van der Waals surface area contributed by atoms with Crippen LogP contribution in [0.2, 0.25) is 5.02 Å². The molecule has 2 aromatic carbocycles. The van der Waals surface area contributed by atoms with Gasteiger partial charge in [0.2, 0.25) is 0 Å². The van der Waals surface area contributed by atoms with Crippen molar-refractivity contribution in [2.45, 2.75) is 13.5 Å². The third kappa shape index (κ3) is 3.79. The third-order valence-electron chi connectivity index (χ3n) is 2.87. The van der Waals surface area contributed by atoms with Crippen LogP contribution in [0, 0.1) is 10.1 Å². The second-order valence-electron chi connectivity index (χ2n) is 4.41. The number of non-ortho nitro benzene ring substituents is 1. The fourth-order valence-electron chi connectivity index (χ4n) is 1.75. The van der Waals surface area contributed by atoms with Crippen molar-refractivity contribution in [3.8, 4) is 5.75 Å². The van der Waals surface area contributed by atoms with Crippen molar-refractivity contribution in [1.82, 2.24) is 0 Å². The maximum Gasteiger partial charge on any atom is 0.269 e. The van der Waals surface area contributed by atoms with Crippen molar-refractivity contribution >= 4 is 23.1 Å². The number of hydrogen-bond acceptors (Lipinski definition) is 4. The Morgan fingerprint density at radius 3 is 2.43 bits per heavy atom. The van der Waals surface area contributed by atoms with Gasteiger partial charge in [-0.1, -0.05) is 11.6 Å². The quantitative estimate of drug-likeness (QED) is 0.475. The average Bonchev–Trinajstić information content (AvgIpc) is 2.45. The van der Waals surface area contributed by atoms with Gasteiger partial charge in [0.05, 0.1) is 9.95 Å². The normalized spacial score (nSPS) is 10.2. The van der Waals surface area contributed by atoms with Gasteiger partial charge < -0.3 is 4.74 Å². The highest BCUT2D eigenvalue weighted by Crippen LogP contribution is 2.24. The van der Waals surface area contributed by atoms with Crippen molar-refractivity contribution in [3.63, 3.8) is 0 Å². The molecule has 21 heavy (non-hydrogen) atoms. The predicted octanol–water partition coefficient (Wildman–Crippen LogP) is 4.03. The highest BCUT2D eigenvalue weighted by Gasteiger charge is 2.08. The van der Waals surface area contributed by atoms with E-state index in [1.54, 1.807) is 30.3 Å². The average molecular weight is 306 g/mol. The van der Waals surface area contributed by atoms with E-state index in [0.29, 0.717) is 16.3 Å². The van der Waals surface area contributed by atoms with Gasteiger partial charge in [0.25, 0.3) is 5.69 Å². The summed E-state index contributed by atoms with van der Waals surface area (Å²) in [5, 5.41) is 10.9. The van der Waals surface area contributed by atoms with Crippen LogP contribution in [0.3, 0.4) is 0 Å². The van der Waals surface area contributed by atoms with Crippen molar-refractivity contribution in [3.05, 3.63) is 68.7 Å². The molecule has 0 unspecified atom stereocenters. The number of rotatable bonds is 5. The summed E-state index contributed by atoms with van der Waals surface area (Å²) in [5.74, 6) is 0.422. The number of carbonyl (C=O) groups excluding carboxylic acids is 1. The number of Topliss-reactive ketones (excluding diaryl/α,β-unsaturated/α-hetero) is 1. The summed E-state index contributed by atoms with van der Waals surface area (Å²) in [6.45, 7) is 1.70. The van der Waals surface area contributed by atoms with Gasteiger partial charge in [0.15, 0.2) is 5.78 Å². The van der Waals surface area contributed by atoms with Gasteiger partial charge in [-0.3, -0.25) is 14.9 Å². The van der Waals surface area contributed by atoms with E-state index in [-0.39, 0.29) is 18.1 Å². The number of halogens is 1. The molecule has 0 amide bonds. The van der Waals surface area contributed by atoms with Gasteiger partial charge >= 0.3 is 0 Å². The largest absolute Gasteiger partial charge is 0.489 e. The lowest BCUT2D eigenvalue weighted by atomic mass is 10.1. The maximum atomic E-state index is 11.3. The van der Waals surface area contributed by atoms with Gasteiger partial charge in [-0.05, 0) is 42.8 Å². The van der Waals surface area contributed by atoms with Crippen LogP contribution < -0.4 is 4.74 Å². The number of nitro groups is 1. The van der Waals surface area contributed by atoms with Crippen molar-refractivity contribution in [2.75, 3.05) is 0 Å². The first kappa shape index (κ1) is 15.0. The highest BCUT2D eigenvalue weighted by atomic mass is 35.5. The van der Waals surface area contributed by atoms with Gasteiger partial charge in [0.1, 0.15) is 12.4 Å². The molecular formula is C15H12ClNO4. The Morgan fingerprint density at radius 2 is 1.90 bits per heavy atom. The van der Waals surface area contributed by atoms with Crippen LogP contribution in [0.1, 0.15) is 22.8 Å². The minimum absolute atomic E-state index is 0.0348. The van der Waals surface area contributed by atoms with Crippen molar-refractivity contribution < 1.29 is 14.5 Å². The van der Waals surface area contributed by atoms with E-state index in [1.807, 2.05) is 0 Å². The molecule has 0 N–H and O–H groups in total. The summed E-state index contributed by atoms with van der Waals surface area (Å²) in [7, 11) is 0. The number of ketones is 1. The Balaban J connectivity index is 2.04. The summed E-state index contributed by atoms with van der Waals surface area (Å²) in [4.78, 5) is 21.4. The Labute approximate surface area is 126 Å². The SMILES string of the molecule is CC(=O)c1ccc(OCc2ccc([N+](=O)[O-])cc2)cc1Cl. The predicted molar refractivity (Wildman–Crippen MR) is 78.9 cm³/mol. The number of nitrogens with zero attached hydrogens (tertiary/aromatic N) is 1. The Bertz CT molecular complexity index is 683. The van der Waals surface area contributed by atoms with Crippen LogP contribution in [0.5, 0.6) is 5.75 Å². The summed E-state index contributed by atoms with van der Waals surface area (Å²) in [5.41, 5.74) is 1.28. The Kier molecular flexibility index (Phi) is 4.55. The molecule has 0 bridgehead atoms. The molecule has 2 rings (SSSR count). The zero-order valence-corrected chi connectivity index (χ0v) is 12.0. The molecule has 5 nitrogen and oxygen atoms in total. The van der Waals surface area contributed by atoms with E-state index in [1.165, 1.54) is 19.1 Å². The number of ether oxygens (including phenoxy) is 1. The molecule has 0 saturated carbocycles. The summed E-state index contributed by atoms with van der Waals surface area (Å²) in [6, 6.07) is 10.9. The van der Waals surface area contributed by atoms with E-state index >= 15 is 0 Å². The Morgan fingerprint density at radius 1 is 1.24 bits per heavy atom. The molecule has 6 heteroatoms. The van der Waals surface area contributed by atoms with Crippen LogP contribution in [0.4, 0.5) is 5.69 Å². The van der Waals surface area contributed by atoms with E-state index in [0.717, 1.165) is 5.56 Å². The first-order valence-corrected chi connectivity index (χ1v) is 6.52. The smallest absolute Gasteiger partial charge is 0.269 e. The number of nitro benzene ring substituents is 1. The molecule has 2 aromatic rings. The molecule has 0 spiro atoms. The number of hydrogen-bond donors (Lipinski definition) is 0. The lowest BCUT2D eigenvalue weighted by Gasteiger charge is -2.08. The van der Waals surface area contributed by atoms with Crippen LogP contribution in [0.15, 0.2) is 42.5 Å². The zero-order chi connectivity index (χ0) is 15.4. The molecule has 0 aliphatic rings. The molecule has 0 aromatic heterocycles. The molecule has 0 atom stereocenters. The highest BCUT2D eigenvalue weighted by molar-refractivity contribution is 6.34. The first-order chi connectivity index (χ1) is 9.97. The molecule has 0 heterocycles. The molecule has 0 radical (unpaired) electrons. The maximum absolute atomic E-state index is 11.3. The van der Waals surface area contributed by atoms with Crippen molar-refractivity contribution in [2.24, 2.45) is 0 Å². The lowest BCUT2D eigenvalue weighted by Crippen LogP contribution is -1.98. The van der Waals surface area contributed by atoms with E-state index < -0.39 is 4.92 Å². The number of benzene rings is 2. The van der Waals surface area contributed by atoms with Crippen LogP contribution >= 0.6 is 11.6 Å². The minimum atomic E-state index is -0.453. The summed E-state index contributed by atoms with van der Waals surface area (Å²) in [6.07, 6.45) is 0. The van der Waals surface area contributed by atoms with Gasteiger partial charge in [0, 0.05) is 17.7 Å². The summed E-state index contributed by atoms with van der Waals surface area (Å²) >= 11 is 5.99. The monoisotopic (exact) mass is 305 g/mol. The minimum Gasteiger partial charge on any atom is -0.489 e. The topological polar surface area (TPSA) is 69.4 Å². The summed E-state index contributed by atoms with van der Waals surface area (Å²) < 4.78 is 5.54. The molecule has 0 saturated heterocycles. The van der Waals surface area contributed by atoms with E-state index in [9.17, 15) is 14.9 Å². The number of carbonyl (C=O) groups is 1. The molecule has 0 fully saturated rings. The fraction of sp³-hybridized carbons (Fsp3) is 0.133. The first-order valence-electron chi connectivity index (χ1n) is 6.14. The molecule has 108 valence electrons.